The Kier molecular flexibility index (Phi) is 4.47. The van der Waals surface area contributed by atoms with Gasteiger partial charge in [-0.15, -0.1) is 0 Å². The number of nitrogens with zero attached hydrogens (tertiary/aromatic N) is 4. The van der Waals surface area contributed by atoms with Gasteiger partial charge in [-0.05, 0) is 35.4 Å². The van der Waals surface area contributed by atoms with E-state index in [1.165, 1.54) is 0 Å². The van der Waals surface area contributed by atoms with Crippen LogP contribution in [0.15, 0.2) is 68.9 Å². The molecule has 4 nitrogen and oxygen atoms in total. The van der Waals surface area contributed by atoms with E-state index in [0.29, 0.717) is 10.0 Å². The Bertz CT molecular complexity index is 888. The highest BCUT2D eigenvalue weighted by molar-refractivity contribution is 6.52. The third kappa shape index (κ3) is 3.00. The molecule has 2 aliphatic rings. The predicted molar refractivity (Wildman–Crippen MR) is 109 cm³/mol. The molecule has 0 fully saturated rings. The van der Waals surface area contributed by atoms with Crippen LogP contribution in [0.3, 0.4) is 0 Å². The minimum absolute atomic E-state index is 0.0529. The third-order valence-corrected chi connectivity index (χ3v) is 5.22. The lowest BCUT2D eigenvalue weighted by Gasteiger charge is -2.14. The summed E-state index contributed by atoms with van der Waals surface area (Å²) in [5.74, 6) is 0.106. The fourth-order valence-corrected chi connectivity index (χ4v) is 3.48. The molecule has 0 aliphatic carbocycles. The number of hydrogen-bond donors (Lipinski definition) is 0. The maximum Gasteiger partial charge on any atom is 0.0959 e. The maximum atomic E-state index is 5.98. The lowest BCUT2D eigenvalue weighted by Crippen LogP contribution is -2.30. The molecule has 0 saturated heterocycles. The second-order valence-electron chi connectivity index (χ2n) is 6.40. The van der Waals surface area contributed by atoms with Crippen LogP contribution in [-0.4, -0.2) is 22.8 Å². The molecule has 0 aromatic heterocycles. The molecule has 6 heteroatoms. The van der Waals surface area contributed by atoms with Gasteiger partial charge < -0.3 is 0 Å². The van der Waals surface area contributed by atoms with E-state index in [1.54, 1.807) is 0 Å². The second kappa shape index (κ2) is 6.78. The van der Waals surface area contributed by atoms with E-state index in [2.05, 4.69) is 34.3 Å². The highest BCUT2D eigenvalue weighted by Gasteiger charge is 2.34. The largest absolute Gasteiger partial charge is 0.154 e. The number of benzene rings is 2. The standard InChI is InChI=1S/C20H16Cl2N4/c1-11-17(13-3-7-15(21)8-4-13)23-25-19(11)20-12(2)18(24-26-20)14-5-9-16(22)10-6-14/h3-12H,1-2H3/t11-,12-/m1/s1. The van der Waals surface area contributed by atoms with Crippen molar-refractivity contribution in [2.45, 2.75) is 13.8 Å². The predicted octanol–water partition coefficient (Wildman–Crippen LogP) is 5.28. The molecule has 0 amide bonds. The van der Waals surface area contributed by atoms with Crippen molar-refractivity contribution >= 4 is 46.0 Å². The van der Waals surface area contributed by atoms with Gasteiger partial charge in [0.05, 0.1) is 22.8 Å². The van der Waals surface area contributed by atoms with Crippen molar-refractivity contribution < 1.29 is 0 Å². The summed E-state index contributed by atoms with van der Waals surface area (Å²) in [4.78, 5) is 0. The molecule has 2 aromatic rings. The highest BCUT2D eigenvalue weighted by atomic mass is 35.5. The molecule has 0 radical (unpaired) electrons. The van der Waals surface area contributed by atoms with Crippen LogP contribution in [0, 0.1) is 11.8 Å². The average molecular weight is 383 g/mol. The Hall–Kier alpha value is -2.30. The van der Waals surface area contributed by atoms with Crippen LogP contribution < -0.4 is 0 Å². The molecule has 26 heavy (non-hydrogen) atoms. The fraction of sp³-hybridized carbons (Fsp3) is 0.200. The average Bonchev–Trinajstić information content (AvgIpc) is 3.19. The van der Waals surface area contributed by atoms with Crippen molar-refractivity contribution in [3.05, 3.63) is 69.7 Å². The molecule has 0 saturated carbocycles. The van der Waals surface area contributed by atoms with Crippen molar-refractivity contribution in [3.63, 3.8) is 0 Å². The molecule has 0 bridgehead atoms. The highest BCUT2D eigenvalue weighted by Crippen LogP contribution is 2.26. The van der Waals surface area contributed by atoms with E-state index in [-0.39, 0.29) is 11.8 Å². The van der Waals surface area contributed by atoms with E-state index >= 15 is 0 Å². The summed E-state index contributed by atoms with van der Waals surface area (Å²) in [6.07, 6.45) is 0. The van der Waals surface area contributed by atoms with Crippen molar-refractivity contribution in [2.75, 3.05) is 0 Å². The van der Waals surface area contributed by atoms with Gasteiger partial charge in [0.1, 0.15) is 0 Å². The lowest BCUT2D eigenvalue weighted by molar-refractivity contribution is 1.06. The minimum Gasteiger partial charge on any atom is -0.154 e. The molecular formula is C20H16Cl2N4. The number of halogens is 2. The molecule has 2 atom stereocenters. The maximum absolute atomic E-state index is 5.98. The van der Waals surface area contributed by atoms with E-state index in [1.807, 2.05) is 48.5 Å². The Morgan fingerprint density at radius 1 is 0.538 bits per heavy atom. The summed E-state index contributed by atoms with van der Waals surface area (Å²) in [6, 6.07) is 15.3. The van der Waals surface area contributed by atoms with Crippen molar-refractivity contribution in [2.24, 2.45) is 32.2 Å². The summed E-state index contributed by atoms with van der Waals surface area (Å²) < 4.78 is 0. The molecule has 0 N–H and O–H groups in total. The first kappa shape index (κ1) is 17.1. The summed E-state index contributed by atoms with van der Waals surface area (Å²) >= 11 is 12.0. The van der Waals surface area contributed by atoms with Gasteiger partial charge in [0.15, 0.2) is 0 Å². The summed E-state index contributed by atoms with van der Waals surface area (Å²) in [7, 11) is 0. The first-order valence-electron chi connectivity index (χ1n) is 8.37. The first-order chi connectivity index (χ1) is 12.5. The van der Waals surface area contributed by atoms with Crippen LogP contribution in [0.25, 0.3) is 0 Å². The van der Waals surface area contributed by atoms with Crippen LogP contribution in [-0.2, 0) is 0 Å². The first-order valence-corrected chi connectivity index (χ1v) is 9.13. The van der Waals surface area contributed by atoms with Gasteiger partial charge >= 0.3 is 0 Å². The normalized spacial score (nSPS) is 22.0. The summed E-state index contributed by atoms with van der Waals surface area (Å²) in [5.41, 5.74) is 5.62. The summed E-state index contributed by atoms with van der Waals surface area (Å²) in [6.45, 7) is 4.18. The minimum atomic E-state index is 0.0529. The Morgan fingerprint density at radius 2 is 0.846 bits per heavy atom. The van der Waals surface area contributed by atoms with Gasteiger partial charge in [-0.2, -0.15) is 20.4 Å². The van der Waals surface area contributed by atoms with Gasteiger partial charge in [0.25, 0.3) is 0 Å². The molecule has 2 aromatic carbocycles. The quantitative estimate of drug-likeness (QED) is 0.692. The Labute approximate surface area is 162 Å². The smallest absolute Gasteiger partial charge is 0.0959 e. The van der Waals surface area contributed by atoms with Crippen molar-refractivity contribution in [1.29, 1.82) is 0 Å². The zero-order valence-electron chi connectivity index (χ0n) is 14.3. The van der Waals surface area contributed by atoms with Crippen molar-refractivity contribution in [3.8, 4) is 0 Å². The van der Waals surface area contributed by atoms with Crippen molar-refractivity contribution in [1.82, 2.24) is 0 Å². The van der Waals surface area contributed by atoms with Gasteiger partial charge in [-0.3, -0.25) is 0 Å². The molecule has 2 aliphatic heterocycles. The monoisotopic (exact) mass is 382 g/mol. The van der Waals surface area contributed by atoms with E-state index in [4.69, 9.17) is 23.2 Å². The van der Waals surface area contributed by atoms with Crippen LogP contribution >= 0.6 is 23.2 Å². The van der Waals surface area contributed by atoms with E-state index < -0.39 is 0 Å². The molecule has 130 valence electrons. The van der Waals surface area contributed by atoms with Crippen LogP contribution in [0.4, 0.5) is 0 Å². The van der Waals surface area contributed by atoms with Crippen LogP contribution in [0.5, 0.6) is 0 Å². The van der Waals surface area contributed by atoms with Crippen LogP contribution in [0.1, 0.15) is 25.0 Å². The van der Waals surface area contributed by atoms with Crippen LogP contribution in [0.2, 0.25) is 10.0 Å². The second-order valence-corrected chi connectivity index (χ2v) is 7.27. The Balaban J connectivity index is 1.53. The number of rotatable bonds is 3. The zero-order valence-corrected chi connectivity index (χ0v) is 15.8. The topological polar surface area (TPSA) is 49.4 Å². The van der Waals surface area contributed by atoms with Gasteiger partial charge in [0.2, 0.25) is 0 Å². The zero-order chi connectivity index (χ0) is 18.3. The van der Waals surface area contributed by atoms with E-state index in [0.717, 1.165) is 34.0 Å². The molecule has 4 rings (SSSR count). The molecule has 0 spiro atoms. The van der Waals surface area contributed by atoms with E-state index in [9.17, 15) is 0 Å². The van der Waals surface area contributed by atoms with Gasteiger partial charge in [-0.1, -0.05) is 61.3 Å². The Morgan fingerprint density at radius 3 is 1.19 bits per heavy atom. The lowest BCUT2D eigenvalue weighted by atomic mass is 9.86. The summed E-state index contributed by atoms with van der Waals surface area (Å²) in [5, 5.41) is 19.0. The van der Waals surface area contributed by atoms with Gasteiger partial charge in [0, 0.05) is 21.9 Å². The number of hydrogen-bond acceptors (Lipinski definition) is 4. The fourth-order valence-electron chi connectivity index (χ4n) is 3.22. The third-order valence-electron chi connectivity index (χ3n) is 4.71. The van der Waals surface area contributed by atoms with Gasteiger partial charge in [-0.25, -0.2) is 0 Å². The molecule has 0 unspecified atom stereocenters. The SMILES string of the molecule is C[C@H]1C(C2=NN=C(c3ccc(Cl)cc3)[C@H]2C)=NN=C1c1ccc(Cl)cc1. The molecule has 2 heterocycles. The molecular weight excluding hydrogens is 367 g/mol.